The van der Waals surface area contributed by atoms with Crippen LogP contribution >= 0.6 is 11.6 Å². The van der Waals surface area contributed by atoms with Gasteiger partial charge in [0.15, 0.2) is 0 Å². The molecule has 6 heteroatoms. The Kier molecular flexibility index (Phi) is 6.89. The average molecular weight is 465 g/mol. The van der Waals surface area contributed by atoms with E-state index in [1.807, 2.05) is 55.1 Å². The van der Waals surface area contributed by atoms with Crippen LogP contribution in [-0.4, -0.2) is 41.0 Å². The van der Waals surface area contributed by atoms with E-state index in [9.17, 15) is 9.59 Å². The summed E-state index contributed by atoms with van der Waals surface area (Å²) in [5, 5.41) is 0.671. The highest BCUT2D eigenvalue weighted by Crippen LogP contribution is 2.32. The van der Waals surface area contributed by atoms with Gasteiger partial charge in [0.05, 0.1) is 23.8 Å². The van der Waals surface area contributed by atoms with E-state index < -0.39 is 0 Å². The van der Waals surface area contributed by atoms with E-state index in [1.54, 1.807) is 0 Å². The van der Waals surface area contributed by atoms with Crippen LogP contribution in [0.2, 0.25) is 5.02 Å². The Labute approximate surface area is 199 Å². The Morgan fingerprint density at radius 2 is 1.73 bits per heavy atom. The van der Waals surface area contributed by atoms with Gasteiger partial charge in [-0.05, 0) is 75.1 Å². The highest BCUT2D eigenvalue weighted by Gasteiger charge is 2.30. The van der Waals surface area contributed by atoms with Gasteiger partial charge in [0.1, 0.15) is 0 Å². The third-order valence-corrected chi connectivity index (χ3v) is 6.53. The van der Waals surface area contributed by atoms with Crippen molar-refractivity contribution in [2.45, 2.75) is 33.6 Å². The molecule has 0 bridgehead atoms. The van der Waals surface area contributed by atoms with Crippen molar-refractivity contribution in [3.8, 4) is 16.9 Å². The highest BCUT2D eigenvalue weighted by atomic mass is 35.5. The molecule has 1 amide bonds. The first kappa shape index (κ1) is 23.1. The van der Waals surface area contributed by atoms with Gasteiger partial charge >= 0.3 is 5.97 Å². The molecule has 0 N–H and O–H groups in total. The number of hydrogen-bond donors (Lipinski definition) is 0. The van der Waals surface area contributed by atoms with Gasteiger partial charge < -0.3 is 14.2 Å². The molecule has 0 atom stereocenters. The number of piperidine rings is 1. The fourth-order valence-corrected chi connectivity index (χ4v) is 4.63. The molecule has 5 nitrogen and oxygen atoms in total. The SMILES string of the molecule is CCOC(=O)C1CCN(C(=O)c2cc(-c3ccc(Cl)cc3)n(-c3cccc(C)c3)c2C)CC1. The van der Waals surface area contributed by atoms with Gasteiger partial charge in [-0.15, -0.1) is 0 Å². The summed E-state index contributed by atoms with van der Waals surface area (Å²) < 4.78 is 7.29. The molecule has 0 unspecified atom stereocenters. The molecular formula is C27H29ClN2O3. The van der Waals surface area contributed by atoms with Crippen LogP contribution in [0.25, 0.3) is 16.9 Å². The number of benzene rings is 2. The van der Waals surface area contributed by atoms with Crippen molar-refractivity contribution in [3.63, 3.8) is 0 Å². The summed E-state index contributed by atoms with van der Waals surface area (Å²) in [6.07, 6.45) is 1.26. The molecule has 2 heterocycles. The molecule has 1 aliphatic heterocycles. The van der Waals surface area contributed by atoms with Gasteiger partial charge in [-0.25, -0.2) is 0 Å². The van der Waals surface area contributed by atoms with Crippen molar-refractivity contribution in [1.29, 1.82) is 0 Å². The van der Waals surface area contributed by atoms with Gasteiger partial charge in [0.25, 0.3) is 5.91 Å². The third kappa shape index (κ3) is 4.83. The van der Waals surface area contributed by atoms with Crippen LogP contribution in [0.4, 0.5) is 0 Å². The van der Waals surface area contributed by atoms with Crippen molar-refractivity contribution in [2.24, 2.45) is 5.92 Å². The molecule has 1 aromatic heterocycles. The minimum Gasteiger partial charge on any atom is -0.466 e. The number of ether oxygens (including phenoxy) is 1. The number of amides is 1. The molecule has 1 saturated heterocycles. The van der Waals surface area contributed by atoms with E-state index in [0.29, 0.717) is 43.1 Å². The summed E-state index contributed by atoms with van der Waals surface area (Å²) in [7, 11) is 0. The smallest absolute Gasteiger partial charge is 0.309 e. The summed E-state index contributed by atoms with van der Waals surface area (Å²) in [5.41, 5.74) is 5.66. The molecular weight excluding hydrogens is 436 g/mol. The van der Waals surface area contributed by atoms with Crippen LogP contribution in [0, 0.1) is 19.8 Å². The van der Waals surface area contributed by atoms with Crippen molar-refractivity contribution >= 4 is 23.5 Å². The zero-order chi connectivity index (χ0) is 23.5. The first-order chi connectivity index (χ1) is 15.9. The molecule has 1 aliphatic rings. The van der Waals surface area contributed by atoms with E-state index >= 15 is 0 Å². The molecule has 0 radical (unpaired) electrons. The largest absolute Gasteiger partial charge is 0.466 e. The van der Waals surface area contributed by atoms with Crippen LogP contribution < -0.4 is 0 Å². The lowest BCUT2D eigenvalue weighted by Crippen LogP contribution is -2.40. The molecule has 0 saturated carbocycles. The molecule has 2 aromatic carbocycles. The number of carbonyl (C=O) groups excluding carboxylic acids is 2. The molecule has 172 valence electrons. The monoisotopic (exact) mass is 464 g/mol. The summed E-state index contributed by atoms with van der Waals surface area (Å²) >= 11 is 6.12. The Hall–Kier alpha value is -3.05. The number of carbonyl (C=O) groups is 2. The fraction of sp³-hybridized carbons (Fsp3) is 0.333. The van der Waals surface area contributed by atoms with Crippen molar-refractivity contribution < 1.29 is 14.3 Å². The molecule has 1 fully saturated rings. The number of likely N-dealkylation sites (tertiary alicyclic amines) is 1. The number of halogens is 1. The summed E-state index contributed by atoms with van der Waals surface area (Å²) in [5.74, 6) is -0.288. The lowest BCUT2D eigenvalue weighted by atomic mass is 9.96. The Morgan fingerprint density at radius 3 is 2.36 bits per heavy atom. The lowest BCUT2D eigenvalue weighted by molar-refractivity contribution is -0.149. The van der Waals surface area contributed by atoms with Crippen LogP contribution in [-0.2, 0) is 9.53 Å². The second-order valence-corrected chi connectivity index (χ2v) is 8.96. The van der Waals surface area contributed by atoms with E-state index in [2.05, 4.69) is 29.7 Å². The van der Waals surface area contributed by atoms with E-state index in [-0.39, 0.29) is 17.8 Å². The summed E-state index contributed by atoms with van der Waals surface area (Å²) in [6.45, 7) is 7.35. The fourth-order valence-electron chi connectivity index (χ4n) is 4.50. The second kappa shape index (κ2) is 9.84. The molecule has 33 heavy (non-hydrogen) atoms. The Balaban J connectivity index is 1.68. The summed E-state index contributed by atoms with van der Waals surface area (Å²) in [6, 6.07) is 17.9. The molecule has 0 aliphatic carbocycles. The topological polar surface area (TPSA) is 51.5 Å². The number of aromatic nitrogens is 1. The van der Waals surface area contributed by atoms with Gasteiger partial charge in [0, 0.05) is 29.5 Å². The number of aryl methyl sites for hydroxylation is 1. The van der Waals surface area contributed by atoms with Crippen LogP contribution in [0.3, 0.4) is 0 Å². The number of hydrogen-bond acceptors (Lipinski definition) is 3. The highest BCUT2D eigenvalue weighted by molar-refractivity contribution is 6.30. The van der Waals surface area contributed by atoms with Crippen LogP contribution in [0.5, 0.6) is 0 Å². The Morgan fingerprint density at radius 1 is 1.03 bits per heavy atom. The lowest BCUT2D eigenvalue weighted by Gasteiger charge is -2.31. The van der Waals surface area contributed by atoms with Gasteiger partial charge in [-0.1, -0.05) is 35.9 Å². The zero-order valence-corrected chi connectivity index (χ0v) is 20.1. The zero-order valence-electron chi connectivity index (χ0n) is 19.3. The molecule has 3 aromatic rings. The average Bonchev–Trinajstić information content (AvgIpc) is 3.16. The minimum atomic E-state index is -0.156. The predicted octanol–water partition coefficient (Wildman–Crippen LogP) is 5.83. The molecule has 4 rings (SSSR count). The quantitative estimate of drug-likeness (QED) is 0.446. The number of rotatable bonds is 5. The standard InChI is InChI=1S/C27H29ClN2O3/c1-4-33-27(32)21-12-14-29(15-13-21)26(31)24-17-25(20-8-10-22(28)11-9-20)30(19(24)3)23-7-5-6-18(2)16-23/h5-11,16-17,21H,4,12-15H2,1-3H3. The number of nitrogens with zero attached hydrogens (tertiary/aromatic N) is 2. The molecule has 0 spiro atoms. The second-order valence-electron chi connectivity index (χ2n) is 8.53. The van der Waals surface area contributed by atoms with E-state index in [0.717, 1.165) is 28.2 Å². The van der Waals surface area contributed by atoms with Crippen molar-refractivity contribution in [3.05, 3.63) is 76.4 Å². The number of esters is 1. The van der Waals surface area contributed by atoms with Gasteiger partial charge in [-0.3, -0.25) is 9.59 Å². The van der Waals surface area contributed by atoms with Crippen molar-refractivity contribution in [2.75, 3.05) is 19.7 Å². The van der Waals surface area contributed by atoms with Crippen LogP contribution in [0.15, 0.2) is 54.6 Å². The maximum absolute atomic E-state index is 13.5. The first-order valence-corrected chi connectivity index (χ1v) is 11.8. The van der Waals surface area contributed by atoms with Crippen LogP contribution in [0.1, 0.15) is 41.4 Å². The first-order valence-electron chi connectivity index (χ1n) is 11.4. The minimum absolute atomic E-state index is 0.00331. The van der Waals surface area contributed by atoms with Gasteiger partial charge in [0.2, 0.25) is 0 Å². The third-order valence-electron chi connectivity index (χ3n) is 6.28. The Bertz CT molecular complexity index is 1160. The van der Waals surface area contributed by atoms with Gasteiger partial charge in [-0.2, -0.15) is 0 Å². The normalized spacial score (nSPS) is 14.4. The maximum Gasteiger partial charge on any atom is 0.309 e. The van der Waals surface area contributed by atoms with E-state index in [1.165, 1.54) is 0 Å². The van der Waals surface area contributed by atoms with E-state index in [4.69, 9.17) is 16.3 Å². The van der Waals surface area contributed by atoms with Crippen molar-refractivity contribution in [1.82, 2.24) is 9.47 Å². The predicted molar refractivity (Wildman–Crippen MR) is 131 cm³/mol. The maximum atomic E-state index is 13.5. The summed E-state index contributed by atoms with van der Waals surface area (Å²) in [4.78, 5) is 27.5.